The fourth-order valence-electron chi connectivity index (χ4n) is 8.21. The Morgan fingerprint density at radius 3 is 1.85 bits per heavy atom. The van der Waals surface area contributed by atoms with Crippen molar-refractivity contribution in [3.63, 3.8) is 0 Å². The van der Waals surface area contributed by atoms with Crippen LogP contribution < -0.4 is 4.90 Å². The molecule has 8 aromatic rings. The van der Waals surface area contributed by atoms with Gasteiger partial charge in [-0.3, -0.25) is 0 Å². The van der Waals surface area contributed by atoms with Crippen molar-refractivity contribution in [1.82, 2.24) is 0 Å². The van der Waals surface area contributed by atoms with E-state index in [4.69, 9.17) is 4.42 Å². The largest absolute Gasteiger partial charge is 0.455 e. The summed E-state index contributed by atoms with van der Waals surface area (Å²) in [5.74, 6) is 0. The molecule has 0 N–H and O–H groups in total. The Morgan fingerprint density at radius 2 is 1.13 bits per heavy atom. The Balaban J connectivity index is 1.19. The van der Waals surface area contributed by atoms with Gasteiger partial charge in [-0.1, -0.05) is 150 Å². The first kappa shape index (κ1) is 32.1. The Kier molecular flexibility index (Phi) is 7.31. The molecule has 0 fully saturated rings. The molecule has 0 amide bonds. The summed E-state index contributed by atoms with van der Waals surface area (Å²) in [6.45, 7) is 13.9. The lowest BCUT2D eigenvalue weighted by Gasteiger charge is -2.29. The fourth-order valence-corrected chi connectivity index (χ4v) is 8.21. The highest BCUT2D eigenvalue weighted by atomic mass is 16.3. The van der Waals surface area contributed by atoms with Crippen LogP contribution in [0, 0.1) is 6.92 Å². The highest BCUT2D eigenvalue weighted by Crippen LogP contribution is 2.52. The molecule has 0 saturated carbocycles. The lowest BCUT2D eigenvalue weighted by Crippen LogP contribution is -2.18. The highest BCUT2D eigenvalue weighted by molar-refractivity contribution is 6.09. The zero-order valence-corrected chi connectivity index (χ0v) is 30.8. The van der Waals surface area contributed by atoms with Gasteiger partial charge in [-0.25, -0.2) is 0 Å². The number of hydrogen-bond donors (Lipinski definition) is 0. The highest BCUT2D eigenvalue weighted by Gasteiger charge is 2.37. The summed E-state index contributed by atoms with van der Waals surface area (Å²) in [4.78, 5) is 2.42. The SMILES string of the molecule is Cc1cc2c(cc1N(c1ccc(-c3ccccc3)cc1)c1ccc(-c3cccc4c3oc3ccccc34)cc1)-c1ccc(C(C)(C)C)cc1C2(C)C. The van der Waals surface area contributed by atoms with Crippen molar-refractivity contribution in [3.8, 4) is 33.4 Å². The number of para-hydroxylation sites is 2. The second-order valence-electron chi connectivity index (χ2n) is 15.9. The predicted molar refractivity (Wildman–Crippen MR) is 220 cm³/mol. The van der Waals surface area contributed by atoms with Crippen molar-refractivity contribution in [1.29, 1.82) is 0 Å². The van der Waals surface area contributed by atoms with E-state index in [-0.39, 0.29) is 10.8 Å². The van der Waals surface area contributed by atoms with Crippen LogP contribution in [0.5, 0.6) is 0 Å². The Labute approximate surface area is 307 Å². The van der Waals surface area contributed by atoms with E-state index in [1.807, 2.05) is 12.1 Å². The summed E-state index contributed by atoms with van der Waals surface area (Å²) < 4.78 is 6.42. The summed E-state index contributed by atoms with van der Waals surface area (Å²) in [5, 5.41) is 2.29. The van der Waals surface area contributed by atoms with E-state index in [1.165, 1.54) is 50.2 Å². The van der Waals surface area contributed by atoms with Gasteiger partial charge < -0.3 is 9.32 Å². The van der Waals surface area contributed by atoms with E-state index in [0.29, 0.717) is 0 Å². The van der Waals surface area contributed by atoms with Gasteiger partial charge in [-0.15, -0.1) is 0 Å². The Bertz CT molecular complexity index is 2620. The maximum absolute atomic E-state index is 6.42. The topological polar surface area (TPSA) is 16.4 Å². The van der Waals surface area contributed by atoms with E-state index in [0.717, 1.165) is 44.4 Å². The number of furan rings is 1. The summed E-state index contributed by atoms with van der Waals surface area (Å²) in [6, 6.07) is 55.3. The Hall–Kier alpha value is -5.86. The maximum Gasteiger partial charge on any atom is 0.143 e. The number of aryl methyl sites for hydroxylation is 1. The third-order valence-electron chi connectivity index (χ3n) is 11.2. The van der Waals surface area contributed by atoms with Crippen LogP contribution in [0.2, 0.25) is 0 Å². The molecule has 1 heterocycles. The molecule has 1 aromatic heterocycles. The van der Waals surface area contributed by atoms with E-state index in [1.54, 1.807) is 0 Å². The van der Waals surface area contributed by atoms with Gasteiger partial charge in [-0.05, 0) is 98.8 Å². The second kappa shape index (κ2) is 11.9. The van der Waals surface area contributed by atoms with Crippen LogP contribution in [0.25, 0.3) is 55.3 Å². The summed E-state index contributed by atoms with van der Waals surface area (Å²) >= 11 is 0. The van der Waals surface area contributed by atoms with Gasteiger partial charge in [0.2, 0.25) is 0 Å². The van der Waals surface area contributed by atoms with Crippen LogP contribution in [-0.2, 0) is 10.8 Å². The second-order valence-corrected chi connectivity index (χ2v) is 15.9. The number of anilines is 3. The van der Waals surface area contributed by atoms with Gasteiger partial charge in [0.15, 0.2) is 0 Å². The predicted octanol–water partition coefficient (Wildman–Crippen LogP) is 14.3. The first-order chi connectivity index (χ1) is 25.1. The van der Waals surface area contributed by atoms with Gasteiger partial charge in [0.25, 0.3) is 0 Å². The van der Waals surface area contributed by atoms with Crippen LogP contribution in [0.4, 0.5) is 17.1 Å². The number of hydrogen-bond acceptors (Lipinski definition) is 2. The minimum absolute atomic E-state index is 0.0866. The lowest BCUT2D eigenvalue weighted by atomic mass is 9.79. The molecule has 0 radical (unpaired) electrons. The molecule has 0 saturated heterocycles. The molecule has 254 valence electrons. The standard InChI is InChI=1S/C50H43NO/c1-32-29-44-43(40-28-23-36(49(2,3)4)30-45(40)50(44,5)6)31-46(32)51(37-24-19-34(20-25-37)33-13-8-7-9-14-33)38-26-21-35(22-27-38)39-16-12-17-42-41-15-10-11-18-47(41)52-48(39)42/h7-31H,1-6H3. The number of fused-ring (bicyclic) bond motifs is 6. The molecular weight excluding hydrogens is 631 g/mol. The molecule has 1 aliphatic rings. The molecule has 52 heavy (non-hydrogen) atoms. The van der Waals surface area contributed by atoms with Gasteiger partial charge in [0, 0.05) is 38.8 Å². The molecule has 9 rings (SSSR count). The molecule has 2 heteroatoms. The monoisotopic (exact) mass is 673 g/mol. The van der Waals surface area contributed by atoms with E-state index < -0.39 is 0 Å². The minimum Gasteiger partial charge on any atom is -0.455 e. The first-order valence-corrected chi connectivity index (χ1v) is 18.3. The van der Waals surface area contributed by atoms with Crippen molar-refractivity contribution < 1.29 is 4.42 Å². The first-order valence-electron chi connectivity index (χ1n) is 18.3. The third-order valence-corrected chi connectivity index (χ3v) is 11.2. The molecular formula is C50H43NO. The molecule has 0 unspecified atom stereocenters. The minimum atomic E-state index is -0.0866. The summed E-state index contributed by atoms with van der Waals surface area (Å²) in [7, 11) is 0. The molecule has 7 aromatic carbocycles. The van der Waals surface area contributed by atoms with Crippen molar-refractivity contribution in [2.75, 3.05) is 4.90 Å². The number of rotatable bonds is 5. The molecule has 0 aliphatic heterocycles. The van der Waals surface area contributed by atoms with Crippen molar-refractivity contribution in [2.24, 2.45) is 0 Å². The van der Waals surface area contributed by atoms with Crippen LogP contribution in [0.15, 0.2) is 156 Å². The zero-order chi connectivity index (χ0) is 35.8. The molecule has 2 nitrogen and oxygen atoms in total. The Morgan fingerprint density at radius 1 is 0.519 bits per heavy atom. The molecule has 0 spiro atoms. The third kappa shape index (κ3) is 5.16. The average molecular weight is 674 g/mol. The van der Waals surface area contributed by atoms with Crippen LogP contribution in [-0.4, -0.2) is 0 Å². The van der Waals surface area contributed by atoms with Crippen molar-refractivity contribution in [3.05, 3.63) is 174 Å². The number of nitrogens with zero attached hydrogens (tertiary/aromatic N) is 1. The van der Waals surface area contributed by atoms with Crippen LogP contribution in [0.3, 0.4) is 0 Å². The normalized spacial score (nSPS) is 13.3. The summed E-state index contributed by atoms with van der Waals surface area (Å²) in [5.41, 5.74) is 18.0. The van der Waals surface area contributed by atoms with E-state index in [9.17, 15) is 0 Å². The number of benzene rings is 7. The van der Waals surface area contributed by atoms with Crippen LogP contribution >= 0.6 is 0 Å². The molecule has 0 atom stereocenters. The van der Waals surface area contributed by atoms with Crippen LogP contribution in [0.1, 0.15) is 56.9 Å². The molecule has 1 aliphatic carbocycles. The van der Waals surface area contributed by atoms with Crippen molar-refractivity contribution in [2.45, 2.75) is 52.4 Å². The fraction of sp³-hybridized carbons (Fsp3) is 0.160. The lowest BCUT2D eigenvalue weighted by molar-refractivity contribution is 0.584. The molecule has 0 bridgehead atoms. The van der Waals surface area contributed by atoms with Gasteiger partial charge in [0.05, 0.1) is 0 Å². The van der Waals surface area contributed by atoms with Gasteiger partial charge in [-0.2, -0.15) is 0 Å². The van der Waals surface area contributed by atoms with E-state index in [2.05, 4.69) is 186 Å². The average Bonchev–Trinajstić information content (AvgIpc) is 3.64. The summed E-state index contributed by atoms with van der Waals surface area (Å²) in [6.07, 6.45) is 0. The van der Waals surface area contributed by atoms with Gasteiger partial charge >= 0.3 is 0 Å². The van der Waals surface area contributed by atoms with E-state index >= 15 is 0 Å². The zero-order valence-electron chi connectivity index (χ0n) is 30.8. The van der Waals surface area contributed by atoms with Crippen molar-refractivity contribution >= 4 is 39.0 Å². The maximum atomic E-state index is 6.42. The smallest absolute Gasteiger partial charge is 0.143 e. The van der Waals surface area contributed by atoms with Gasteiger partial charge in [0.1, 0.15) is 11.2 Å². The quantitative estimate of drug-likeness (QED) is 0.181.